The van der Waals surface area contributed by atoms with Gasteiger partial charge in [-0.15, -0.1) is 21.5 Å². The highest BCUT2D eigenvalue weighted by Crippen LogP contribution is 2.37. The van der Waals surface area contributed by atoms with Gasteiger partial charge in [-0.3, -0.25) is 9.55 Å². The average molecular weight is 437 g/mol. The Hall–Kier alpha value is -2.81. The minimum absolute atomic E-state index is 0.690. The Morgan fingerprint density at radius 1 is 1.03 bits per heavy atom. The quantitative estimate of drug-likeness (QED) is 0.349. The molecule has 0 amide bonds. The third-order valence-corrected chi connectivity index (χ3v) is 6.85. The summed E-state index contributed by atoms with van der Waals surface area (Å²) in [6.45, 7) is 1.99. The lowest BCUT2D eigenvalue weighted by Gasteiger charge is -2.13. The molecule has 5 aromatic rings. The predicted octanol–water partition coefficient (Wildman–Crippen LogP) is 5.45. The number of rotatable bonds is 4. The van der Waals surface area contributed by atoms with E-state index < -0.39 is 0 Å². The Morgan fingerprint density at radius 3 is 2.76 bits per heavy atom. The molecule has 1 aromatic carbocycles. The molecule has 0 saturated heterocycles. The molecule has 9 heteroatoms. The zero-order valence-electron chi connectivity index (χ0n) is 15.2. The summed E-state index contributed by atoms with van der Waals surface area (Å²) in [6, 6.07) is 11.6. The second-order valence-corrected chi connectivity index (χ2v) is 8.46. The van der Waals surface area contributed by atoms with Crippen molar-refractivity contribution < 1.29 is 0 Å². The first-order valence-corrected chi connectivity index (χ1v) is 10.8. The van der Waals surface area contributed by atoms with Gasteiger partial charge in [0.2, 0.25) is 5.16 Å². The highest BCUT2D eigenvalue weighted by molar-refractivity contribution is 7.99. The number of nitrogens with zero attached hydrogens (tertiary/aromatic N) is 6. The minimum Gasteiger partial charge on any atom is -0.269 e. The van der Waals surface area contributed by atoms with Crippen molar-refractivity contribution in [3.8, 4) is 17.1 Å². The van der Waals surface area contributed by atoms with E-state index in [-0.39, 0.29) is 0 Å². The van der Waals surface area contributed by atoms with E-state index in [1.807, 2.05) is 53.3 Å². The highest BCUT2D eigenvalue weighted by Gasteiger charge is 2.20. The Bertz CT molecular complexity index is 1320. The van der Waals surface area contributed by atoms with Crippen molar-refractivity contribution in [2.75, 3.05) is 0 Å². The predicted molar refractivity (Wildman–Crippen MR) is 116 cm³/mol. The molecule has 0 aliphatic carbocycles. The molecule has 0 atom stereocenters. The van der Waals surface area contributed by atoms with Crippen LogP contribution in [0.2, 0.25) is 5.02 Å². The smallest absolute Gasteiger partial charge is 0.202 e. The number of benzene rings is 1. The van der Waals surface area contributed by atoms with E-state index in [1.54, 1.807) is 30.1 Å². The summed E-state index contributed by atoms with van der Waals surface area (Å²) in [7, 11) is 0. The summed E-state index contributed by atoms with van der Waals surface area (Å²) in [5.74, 6) is 0.719. The van der Waals surface area contributed by atoms with Crippen LogP contribution in [0.25, 0.3) is 27.3 Å². The second kappa shape index (κ2) is 7.55. The third-order valence-electron chi connectivity index (χ3n) is 4.45. The van der Waals surface area contributed by atoms with Gasteiger partial charge in [0.1, 0.15) is 11.4 Å². The molecule has 5 rings (SSSR count). The maximum absolute atomic E-state index is 6.42. The van der Waals surface area contributed by atoms with Gasteiger partial charge in [0.05, 0.1) is 15.9 Å². The molecule has 0 aliphatic heterocycles. The van der Waals surface area contributed by atoms with Gasteiger partial charge in [-0.2, -0.15) is 0 Å². The first-order valence-electron chi connectivity index (χ1n) is 8.70. The Morgan fingerprint density at radius 2 is 1.90 bits per heavy atom. The summed E-state index contributed by atoms with van der Waals surface area (Å²) in [5, 5.41) is 13.2. The molecule has 29 heavy (non-hydrogen) atoms. The highest BCUT2D eigenvalue weighted by atomic mass is 35.5. The van der Waals surface area contributed by atoms with E-state index >= 15 is 0 Å². The molecule has 4 heterocycles. The Kier molecular flexibility index (Phi) is 4.75. The molecule has 142 valence electrons. The summed E-state index contributed by atoms with van der Waals surface area (Å²) >= 11 is 9.49. The molecule has 0 fully saturated rings. The number of fused-ring (bicyclic) bond motifs is 1. The van der Waals surface area contributed by atoms with E-state index in [4.69, 9.17) is 11.6 Å². The van der Waals surface area contributed by atoms with Crippen molar-refractivity contribution in [3.05, 3.63) is 71.1 Å². The monoisotopic (exact) mass is 436 g/mol. The summed E-state index contributed by atoms with van der Waals surface area (Å²) in [6.07, 6.45) is 5.06. The Balaban J connectivity index is 1.71. The molecular weight excluding hydrogens is 424 g/mol. The number of hydrogen-bond acceptors (Lipinski definition) is 7. The topological polar surface area (TPSA) is 69.4 Å². The maximum Gasteiger partial charge on any atom is 0.202 e. The maximum atomic E-state index is 6.42. The van der Waals surface area contributed by atoms with E-state index in [0.717, 1.165) is 37.9 Å². The van der Waals surface area contributed by atoms with E-state index in [0.29, 0.717) is 10.2 Å². The largest absolute Gasteiger partial charge is 0.269 e. The summed E-state index contributed by atoms with van der Waals surface area (Å²) in [4.78, 5) is 12.9. The first kappa shape index (κ1) is 18.2. The van der Waals surface area contributed by atoms with E-state index in [9.17, 15) is 0 Å². The Labute approximate surface area is 179 Å². The number of pyridine rings is 1. The van der Waals surface area contributed by atoms with Gasteiger partial charge in [-0.25, -0.2) is 9.97 Å². The van der Waals surface area contributed by atoms with Crippen molar-refractivity contribution in [3.63, 3.8) is 0 Å². The van der Waals surface area contributed by atoms with Crippen LogP contribution in [0.15, 0.2) is 70.7 Å². The molecule has 0 unspecified atom stereocenters. The van der Waals surface area contributed by atoms with Crippen LogP contribution in [-0.2, 0) is 0 Å². The SMILES string of the molecule is Cc1c(Cl)cccc1-n1c(Sc2ncnc3ccsc23)nnc1-c1ccncc1. The molecule has 6 nitrogen and oxygen atoms in total. The molecule has 0 radical (unpaired) electrons. The van der Waals surface area contributed by atoms with Crippen LogP contribution in [-0.4, -0.2) is 29.7 Å². The van der Waals surface area contributed by atoms with Crippen LogP contribution >= 0.6 is 34.7 Å². The van der Waals surface area contributed by atoms with Gasteiger partial charge in [0.25, 0.3) is 0 Å². The van der Waals surface area contributed by atoms with Crippen LogP contribution in [0.1, 0.15) is 5.56 Å². The lowest BCUT2D eigenvalue weighted by molar-refractivity contribution is 0.878. The van der Waals surface area contributed by atoms with Crippen LogP contribution in [0, 0.1) is 6.92 Å². The van der Waals surface area contributed by atoms with Gasteiger partial charge in [0, 0.05) is 23.0 Å². The van der Waals surface area contributed by atoms with Gasteiger partial charge in [-0.1, -0.05) is 17.7 Å². The van der Waals surface area contributed by atoms with Crippen LogP contribution < -0.4 is 0 Å². The molecule has 0 N–H and O–H groups in total. The van der Waals surface area contributed by atoms with Gasteiger partial charge in [0.15, 0.2) is 5.82 Å². The van der Waals surface area contributed by atoms with Crippen molar-refractivity contribution in [2.45, 2.75) is 17.1 Å². The summed E-state index contributed by atoms with van der Waals surface area (Å²) < 4.78 is 3.04. The molecule has 4 aromatic heterocycles. The molecular formula is C20H13ClN6S2. The third kappa shape index (κ3) is 3.29. The number of halogens is 1. The van der Waals surface area contributed by atoms with Crippen molar-refractivity contribution in [1.82, 2.24) is 29.7 Å². The number of aromatic nitrogens is 6. The van der Waals surface area contributed by atoms with Crippen LogP contribution in [0.5, 0.6) is 0 Å². The molecule has 0 saturated carbocycles. The molecule has 0 spiro atoms. The number of thiophene rings is 1. The van der Waals surface area contributed by atoms with Gasteiger partial charge in [-0.05, 0) is 60.0 Å². The van der Waals surface area contributed by atoms with Crippen LogP contribution in [0.4, 0.5) is 0 Å². The van der Waals surface area contributed by atoms with Crippen molar-refractivity contribution in [1.29, 1.82) is 0 Å². The summed E-state index contributed by atoms with van der Waals surface area (Å²) in [5.41, 5.74) is 3.72. The minimum atomic E-state index is 0.690. The fourth-order valence-electron chi connectivity index (χ4n) is 3.01. The lowest BCUT2D eigenvalue weighted by atomic mass is 10.2. The van der Waals surface area contributed by atoms with Crippen molar-refractivity contribution in [2.24, 2.45) is 0 Å². The first-order chi connectivity index (χ1) is 14.2. The average Bonchev–Trinajstić information content (AvgIpc) is 3.39. The molecule has 0 bridgehead atoms. The molecule has 0 aliphatic rings. The van der Waals surface area contributed by atoms with Gasteiger partial charge >= 0.3 is 0 Å². The zero-order valence-corrected chi connectivity index (χ0v) is 17.5. The fourth-order valence-corrected chi connectivity index (χ4v) is 5.00. The van der Waals surface area contributed by atoms with Gasteiger partial charge < -0.3 is 0 Å². The normalized spacial score (nSPS) is 11.2. The van der Waals surface area contributed by atoms with Crippen molar-refractivity contribution >= 4 is 44.9 Å². The lowest BCUT2D eigenvalue weighted by Crippen LogP contribution is -2.02. The number of hydrogen-bond donors (Lipinski definition) is 0. The van der Waals surface area contributed by atoms with Crippen LogP contribution in [0.3, 0.4) is 0 Å². The zero-order chi connectivity index (χ0) is 19.8. The van der Waals surface area contributed by atoms with E-state index in [1.165, 1.54) is 11.8 Å². The fraction of sp³-hybridized carbons (Fsp3) is 0.0500. The standard InChI is InChI=1S/C20H13ClN6S2/c1-12-14(21)3-2-4-16(12)27-18(13-5-8-22-9-6-13)25-26-20(27)29-19-17-15(7-10-28-17)23-11-24-19/h2-11H,1H3. The van der Waals surface area contributed by atoms with E-state index in [2.05, 4.69) is 25.1 Å². The second-order valence-electron chi connectivity index (χ2n) is 6.18.